The monoisotopic (exact) mass is 154 g/mol. The van der Waals surface area contributed by atoms with Crippen molar-refractivity contribution in [1.29, 1.82) is 0 Å². The fraction of sp³-hybridized carbons (Fsp3) is 1.00. The lowest BCUT2D eigenvalue weighted by molar-refractivity contribution is -0.0292. The van der Waals surface area contributed by atoms with Crippen molar-refractivity contribution < 1.29 is 4.74 Å². The summed E-state index contributed by atoms with van der Waals surface area (Å²) in [7, 11) is 0. The van der Waals surface area contributed by atoms with Gasteiger partial charge in [0.2, 0.25) is 0 Å². The third-order valence-corrected chi connectivity index (χ3v) is 3.14. The van der Waals surface area contributed by atoms with Crippen LogP contribution in [0.15, 0.2) is 0 Å². The molecule has 1 saturated heterocycles. The molecule has 11 heavy (non-hydrogen) atoms. The summed E-state index contributed by atoms with van der Waals surface area (Å²) in [6, 6.07) is 0. The molecule has 0 radical (unpaired) electrons. The Bertz CT molecular complexity index is 108. The summed E-state index contributed by atoms with van der Waals surface area (Å²) in [5.41, 5.74) is 0. The lowest BCUT2D eigenvalue weighted by Crippen LogP contribution is -2.28. The minimum atomic E-state index is 0.645. The highest BCUT2D eigenvalue weighted by atomic mass is 16.5. The predicted octanol–water partition coefficient (Wildman–Crippen LogP) is 2.75. The van der Waals surface area contributed by atoms with Crippen LogP contribution in [0.1, 0.15) is 44.9 Å². The van der Waals surface area contributed by atoms with Crippen molar-refractivity contribution in [3.8, 4) is 0 Å². The second kappa shape index (κ2) is 3.57. The molecule has 0 aromatic rings. The number of hydrogen-bond donors (Lipinski definition) is 0. The molecule has 64 valence electrons. The molecule has 0 bridgehead atoms. The van der Waals surface area contributed by atoms with Crippen molar-refractivity contribution in [3.05, 3.63) is 0 Å². The first-order valence-corrected chi connectivity index (χ1v) is 5.08. The Hall–Kier alpha value is -0.0400. The zero-order valence-corrected chi connectivity index (χ0v) is 7.22. The lowest BCUT2D eigenvalue weighted by atomic mass is 9.90. The van der Waals surface area contributed by atoms with Gasteiger partial charge in [-0.3, -0.25) is 0 Å². The maximum Gasteiger partial charge on any atom is 0.0603 e. The van der Waals surface area contributed by atoms with Crippen LogP contribution in [0.3, 0.4) is 0 Å². The van der Waals surface area contributed by atoms with E-state index < -0.39 is 0 Å². The SMILES string of the molecule is C1CCC2CCCOC2CC1. The highest BCUT2D eigenvalue weighted by molar-refractivity contribution is 4.77. The van der Waals surface area contributed by atoms with E-state index in [1.54, 1.807) is 0 Å². The lowest BCUT2D eigenvalue weighted by Gasteiger charge is -2.29. The zero-order valence-electron chi connectivity index (χ0n) is 7.22. The van der Waals surface area contributed by atoms with Gasteiger partial charge in [0.25, 0.3) is 0 Å². The van der Waals surface area contributed by atoms with Gasteiger partial charge in [-0.05, 0) is 31.6 Å². The third-order valence-electron chi connectivity index (χ3n) is 3.14. The molecule has 1 nitrogen and oxygen atoms in total. The van der Waals surface area contributed by atoms with Crippen LogP contribution in [0.5, 0.6) is 0 Å². The molecular formula is C10H18O. The van der Waals surface area contributed by atoms with Crippen LogP contribution < -0.4 is 0 Å². The van der Waals surface area contributed by atoms with Crippen LogP contribution in [0.2, 0.25) is 0 Å². The van der Waals surface area contributed by atoms with Gasteiger partial charge in [0, 0.05) is 6.61 Å². The Balaban J connectivity index is 1.93. The molecule has 0 amide bonds. The maximum atomic E-state index is 5.76. The van der Waals surface area contributed by atoms with Gasteiger partial charge in [-0.2, -0.15) is 0 Å². The standard InChI is InChI=1S/C10H18O/c1-2-5-9-6-4-8-11-10(9)7-3-1/h9-10H,1-8H2. The van der Waals surface area contributed by atoms with Gasteiger partial charge < -0.3 is 4.74 Å². The van der Waals surface area contributed by atoms with Crippen molar-refractivity contribution in [2.75, 3.05) is 6.61 Å². The summed E-state index contributed by atoms with van der Waals surface area (Å²) >= 11 is 0. The fourth-order valence-corrected chi connectivity index (χ4v) is 2.48. The molecular weight excluding hydrogens is 136 g/mol. The topological polar surface area (TPSA) is 9.23 Å². The first-order chi connectivity index (χ1) is 5.47. The van der Waals surface area contributed by atoms with E-state index in [0.717, 1.165) is 12.5 Å². The van der Waals surface area contributed by atoms with Crippen LogP contribution in [0.25, 0.3) is 0 Å². The molecule has 2 aliphatic rings. The molecule has 0 aromatic carbocycles. The van der Waals surface area contributed by atoms with E-state index in [1.807, 2.05) is 0 Å². The molecule has 2 fully saturated rings. The summed E-state index contributed by atoms with van der Waals surface area (Å²) in [5.74, 6) is 0.922. The Morgan fingerprint density at radius 2 is 1.64 bits per heavy atom. The van der Waals surface area contributed by atoms with Crippen molar-refractivity contribution in [2.24, 2.45) is 5.92 Å². The molecule has 0 aromatic heterocycles. The van der Waals surface area contributed by atoms with Crippen LogP contribution >= 0.6 is 0 Å². The van der Waals surface area contributed by atoms with Crippen molar-refractivity contribution >= 4 is 0 Å². The van der Waals surface area contributed by atoms with E-state index in [0.29, 0.717) is 6.10 Å². The first kappa shape index (κ1) is 7.60. The van der Waals surface area contributed by atoms with Gasteiger partial charge >= 0.3 is 0 Å². The quantitative estimate of drug-likeness (QED) is 0.521. The van der Waals surface area contributed by atoms with Crippen molar-refractivity contribution in [2.45, 2.75) is 51.0 Å². The zero-order chi connectivity index (χ0) is 7.52. The van der Waals surface area contributed by atoms with Crippen molar-refractivity contribution in [3.63, 3.8) is 0 Å². The van der Waals surface area contributed by atoms with E-state index >= 15 is 0 Å². The minimum Gasteiger partial charge on any atom is -0.378 e. The Kier molecular flexibility index (Phi) is 2.47. The third kappa shape index (κ3) is 1.76. The molecule has 2 unspecified atom stereocenters. The number of rotatable bonds is 0. The van der Waals surface area contributed by atoms with Crippen LogP contribution in [0.4, 0.5) is 0 Å². The average Bonchev–Trinajstić information content (AvgIpc) is 2.28. The van der Waals surface area contributed by atoms with E-state index in [9.17, 15) is 0 Å². The second-order valence-corrected chi connectivity index (χ2v) is 3.95. The van der Waals surface area contributed by atoms with Gasteiger partial charge in [-0.15, -0.1) is 0 Å². The molecule has 1 saturated carbocycles. The summed E-state index contributed by atoms with van der Waals surface area (Å²) in [6.45, 7) is 1.03. The second-order valence-electron chi connectivity index (χ2n) is 3.95. The summed E-state index contributed by atoms with van der Waals surface area (Å²) in [4.78, 5) is 0. The Morgan fingerprint density at radius 1 is 0.818 bits per heavy atom. The van der Waals surface area contributed by atoms with Crippen LogP contribution in [-0.2, 0) is 4.74 Å². The molecule has 2 rings (SSSR count). The Morgan fingerprint density at radius 3 is 2.64 bits per heavy atom. The van der Waals surface area contributed by atoms with E-state index in [-0.39, 0.29) is 0 Å². The van der Waals surface area contributed by atoms with Gasteiger partial charge in [-0.1, -0.05) is 19.3 Å². The van der Waals surface area contributed by atoms with Crippen LogP contribution in [-0.4, -0.2) is 12.7 Å². The van der Waals surface area contributed by atoms with Gasteiger partial charge in [0.05, 0.1) is 6.10 Å². The predicted molar refractivity (Wildman–Crippen MR) is 45.5 cm³/mol. The normalized spacial score (nSPS) is 39.3. The molecule has 1 heterocycles. The largest absolute Gasteiger partial charge is 0.378 e. The summed E-state index contributed by atoms with van der Waals surface area (Å²) < 4.78 is 5.76. The van der Waals surface area contributed by atoms with Crippen LogP contribution in [0, 0.1) is 5.92 Å². The molecule has 1 aliphatic carbocycles. The summed E-state index contributed by atoms with van der Waals surface area (Å²) in [5, 5.41) is 0. The molecule has 0 N–H and O–H groups in total. The highest BCUT2D eigenvalue weighted by Gasteiger charge is 2.26. The molecule has 1 aliphatic heterocycles. The Labute approximate surface area is 69.1 Å². The average molecular weight is 154 g/mol. The van der Waals surface area contributed by atoms with Gasteiger partial charge in [0.1, 0.15) is 0 Å². The van der Waals surface area contributed by atoms with Gasteiger partial charge in [0.15, 0.2) is 0 Å². The van der Waals surface area contributed by atoms with E-state index in [4.69, 9.17) is 4.74 Å². The summed E-state index contributed by atoms with van der Waals surface area (Å²) in [6.07, 6.45) is 10.5. The number of hydrogen-bond acceptors (Lipinski definition) is 1. The number of ether oxygens (including phenoxy) is 1. The molecule has 0 spiro atoms. The van der Waals surface area contributed by atoms with E-state index in [1.165, 1.54) is 44.9 Å². The van der Waals surface area contributed by atoms with Gasteiger partial charge in [-0.25, -0.2) is 0 Å². The first-order valence-electron chi connectivity index (χ1n) is 5.08. The minimum absolute atomic E-state index is 0.645. The fourth-order valence-electron chi connectivity index (χ4n) is 2.48. The van der Waals surface area contributed by atoms with E-state index in [2.05, 4.69) is 0 Å². The number of fused-ring (bicyclic) bond motifs is 1. The van der Waals surface area contributed by atoms with Crippen molar-refractivity contribution in [1.82, 2.24) is 0 Å². The molecule has 2 atom stereocenters. The maximum absolute atomic E-state index is 5.76. The highest BCUT2D eigenvalue weighted by Crippen LogP contribution is 2.32. The molecule has 1 heteroatoms. The smallest absolute Gasteiger partial charge is 0.0603 e.